The highest BCUT2D eigenvalue weighted by atomic mass is 32.1. The average Bonchev–Trinajstić information content (AvgIpc) is 3.32. The molecule has 30 heavy (non-hydrogen) atoms. The van der Waals surface area contributed by atoms with E-state index in [1.807, 2.05) is 13.0 Å². The molecule has 0 aliphatic heterocycles. The fourth-order valence-electron chi connectivity index (χ4n) is 2.99. The van der Waals surface area contributed by atoms with Crippen LogP contribution in [0.1, 0.15) is 15.2 Å². The molecule has 2 aromatic heterocycles. The van der Waals surface area contributed by atoms with Gasteiger partial charge in [-0.05, 0) is 48.4 Å². The molecule has 0 radical (unpaired) electrons. The molecule has 4 rings (SSSR count). The van der Waals surface area contributed by atoms with Crippen LogP contribution in [0.4, 0.5) is 14.5 Å². The van der Waals surface area contributed by atoms with Crippen molar-refractivity contribution in [2.45, 2.75) is 6.92 Å². The Balaban J connectivity index is 1.65. The number of thiophene rings is 1. The molecule has 0 unspecified atom stereocenters. The number of anilines is 1. The second kappa shape index (κ2) is 7.68. The zero-order chi connectivity index (χ0) is 21.4. The summed E-state index contributed by atoms with van der Waals surface area (Å²) >= 11 is 1.18. The Morgan fingerprint density at radius 2 is 1.73 bits per heavy atom. The SMILES string of the molecule is Cc1c(-c2nn(C)c(=O)o2)cccc1-c1ccc(C(=O)Nc2c(F)cccc2F)s1. The highest BCUT2D eigenvalue weighted by molar-refractivity contribution is 7.17. The molecule has 4 aromatic rings. The number of carbonyl (C=O) groups excluding carboxylic acids is 1. The lowest BCUT2D eigenvalue weighted by Gasteiger charge is -2.07. The summed E-state index contributed by atoms with van der Waals surface area (Å²) < 4.78 is 33.9. The third-order valence-corrected chi connectivity index (χ3v) is 5.67. The van der Waals surface area contributed by atoms with E-state index in [1.165, 1.54) is 24.5 Å². The minimum Gasteiger partial charge on any atom is -0.388 e. The van der Waals surface area contributed by atoms with Crippen LogP contribution in [-0.4, -0.2) is 15.7 Å². The molecule has 2 heterocycles. The Bertz CT molecular complexity index is 1300. The Kier molecular flexibility index (Phi) is 5.04. The highest BCUT2D eigenvalue weighted by Gasteiger charge is 2.18. The normalized spacial score (nSPS) is 10.9. The van der Waals surface area contributed by atoms with Gasteiger partial charge in [-0.15, -0.1) is 16.4 Å². The summed E-state index contributed by atoms with van der Waals surface area (Å²) in [5, 5.41) is 6.36. The van der Waals surface area contributed by atoms with Crippen LogP contribution < -0.4 is 11.1 Å². The van der Waals surface area contributed by atoms with E-state index in [0.717, 1.165) is 32.8 Å². The van der Waals surface area contributed by atoms with Crippen molar-refractivity contribution in [1.29, 1.82) is 0 Å². The molecule has 0 atom stereocenters. The molecule has 0 saturated carbocycles. The first kappa shape index (κ1) is 19.7. The fourth-order valence-corrected chi connectivity index (χ4v) is 3.97. The van der Waals surface area contributed by atoms with Gasteiger partial charge in [0.15, 0.2) is 0 Å². The molecule has 152 valence electrons. The van der Waals surface area contributed by atoms with Crippen LogP contribution in [0, 0.1) is 18.6 Å². The lowest BCUT2D eigenvalue weighted by atomic mass is 10.0. The van der Waals surface area contributed by atoms with Crippen LogP contribution in [0.25, 0.3) is 21.9 Å². The molecule has 0 fully saturated rings. The van der Waals surface area contributed by atoms with Crippen LogP contribution in [0.2, 0.25) is 0 Å². The lowest BCUT2D eigenvalue weighted by Crippen LogP contribution is -2.12. The van der Waals surface area contributed by atoms with Crippen molar-refractivity contribution in [2.24, 2.45) is 7.05 Å². The van der Waals surface area contributed by atoms with Crippen molar-refractivity contribution in [3.05, 3.63) is 81.2 Å². The largest absolute Gasteiger partial charge is 0.437 e. The number of nitrogens with one attached hydrogen (secondary N) is 1. The molecule has 6 nitrogen and oxygen atoms in total. The molecule has 1 N–H and O–H groups in total. The number of aromatic nitrogens is 2. The topological polar surface area (TPSA) is 77.1 Å². The van der Waals surface area contributed by atoms with Crippen LogP contribution in [-0.2, 0) is 7.05 Å². The van der Waals surface area contributed by atoms with Gasteiger partial charge in [-0.25, -0.2) is 13.6 Å². The Hall–Kier alpha value is -3.59. The summed E-state index contributed by atoms with van der Waals surface area (Å²) in [5.74, 6) is -2.67. The number of hydrogen-bond donors (Lipinski definition) is 1. The Morgan fingerprint density at radius 3 is 2.40 bits per heavy atom. The van der Waals surface area contributed by atoms with Gasteiger partial charge >= 0.3 is 5.76 Å². The maximum absolute atomic E-state index is 13.8. The number of aryl methyl sites for hydroxylation is 1. The number of nitrogens with zero attached hydrogens (tertiary/aromatic N) is 2. The standard InChI is InChI=1S/C21H15F2N3O3S/c1-11-12(5-3-6-13(11)20-25-26(2)21(28)29-20)16-9-10-17(30-16)19(27)24-18-14(22)7-4-8-15(18)23/h3-10H,1-2H3,(H,24,27). The van der Waals surface area contributed by atoms with Crippen molar-refractivity contribution >= 4 is 22.9 Å². The molecule has 9 heteroatoms. The van der Waals surface area contributed by atoms with Crippen LogP contribution in [0.15, 0.2) is 57.7 Å². The number of para-hydroxylation sites is 1. The quantitative estimate of drug-likeness (QED) is 0.516. The fraction of sp³-hybridized carbons (Fsp3) is 0.0952. The average molecular weight is 427 g/mol. The van der Waals surface area contributed by atoms with Crippen molar-refractivity contribution in [3.8, 4) is 21.9 Å². The van der Waals surface area contributed by atoms with Gasteiger partial charge in [-0.1, -0.05) is 18.2 Å². The molecule has 0 aliphatic rings. The molecule has 0 saturated heterocycles. The second-order valence-corrected chi connectivity index (χ2v) is 7.57. The van der Waals surface area contributed by atoms with Crippen molar-refractivity contribution in [1.82, 2.24) is 9.78 Å². The Labute approximate surface area is 173 Å². The first-order valence-corrected chi connectivity index (χ1v) is 9.66. The van der Waals surface area contributed by atoms with Gasteiger partial charge < -0.3 is 9.73 Å². The van der Waals surface area contributed by atoms with E-state index >= 15 is 0 Å². The first-order chi connectivity index (χ1) is 14.3. The summed E-state index contributed by atoms with van der Waals surface area (Å²) in [6.45, 7) is 1.85. The van der Waals surface area contributed by atoms with Crippen LogP contribution in [0.5, 0.6) is 0 Å². The molecule has 0 spiro atoms. The van der Waals surface area contributed by atoms with Gasteiger partial charge in [0.2, 0.25) is 5.89 Å². The van der Waals surface area contributed by atoms with Gasteiger partial charge in [-0.2, -0.15) is 4.68 Å². The van der Waals surface area contributed by atoms with Gasteiger partial charge in [-0.3, -0.25) is 4.79 Å². The second-order valence-electron chi connectivity index (χ2n) is 6.49. The summed E-state index contributed by atoms with van der Waals surface area (Å²) in [6.07, 6.45) is 0. The molecule has 0 aliphatic carbocycles. The summed E-state index contributed by atoms with van der Waals surface area (Å²) in [4.78, 5) is 25.1. The Morgan fingerprint density at radius 1 is 1.07 bits per heavy atom. The number of amides is 1. The van der Waals surface area contributed by atoms with Crippen molar-refractivity contribution < 1.29 is 18.0 Å². The van der Waals surface area contributed by atoms with Gasteiger partial charge in [0, 0.05) is 17.5 Å². The number of hydrogen-bond acceptors (Lipinski definition) is 5. The zero-order valence-electron chi connectivity index (χ0n) is 15.9. The van der Waals surface area contributed by atoms with E-state index < -0.39 is 29.0 Å². The lowest BCUT2D eigenvalue weighted by molar-refractivity contribution is 0.102. The monoisotopic (exact) mass is 427 g/mol. The zero-order valence-corrected chi connectivity index (χ0v) is 16.7. The van der Waals surface area contributed by atoms with E-state index in [1.54, 1.807) is 24.3 Å². The number of rotatable bonds is 4. The number of halogens is 2. The van der Waals surface area contributed by atoms with E-state index in [9.17, 15) is 18.4 Å². The third kappa shape index (κ3) is 3.55. The maximum Gasteiger partial charge on any atom is 0.437 e. The first-order valence-electron chi connectivity index (χ1n) is 8.85. The highest BCUT2D eigenvalue weighted by Crippen LogP contribution is 2.35. The molecular weight excluding hydrogens is 412 g/mol. The number of benzene rings is 2. The predicted octanol–water partition coefficient (Wildman–Crippen LogP) is 4.61. The van der Waals surface area contributed by atoms with Gasteiger partial charge in [0.25, 0.3) is 5.91 Å². The summed E-state index contributed by atoms with van der Waals surface area (Å²) in [5.41, 5.74) is 1.80. The maximum atomic E-state index is 13.8. The van der Waals surface area contributed by atoms with Crippen molar-refractivity contribution in [3.63, 3.8) is 0 Å². The van der Waals surface area contributed by atoms with E-state index in [4.69, 9.17) is 4.42 Å². The van der Waals surface area contributed by atoms with E-state index in [0.29, 0.717) is 10.4 Å². The molecule has 0 bridgehead atoms. The minimum atomic E-state index is -0.847. The van der Waals surface area contributed by atoms with Crippen LogP contribution in [0.3, 0.4) is 0 Å². The smallest absolute Gasteiger partial charge is 0.388 e. The molecule has 2 aromatic carbocycles. The van der Waals surface area contributed by atoms with Gasteiger partial charge in [0.05, 0.1) is 4.88 Å². The number of carbonyl (C=O) groups is 1. The third-order valence-electron chi connectivity index (χ3n) is 4.55. The minimum absolute atomic E-state index is 0.200. The van der Waals surface area contributed by atoms with E-state index in [-0.39, 0.29) is 5.89 Å². The summed E-state index contributed by atoms with van der Waals surface area (Å²) in [7, 11) is 1.50. The van der Waals surface area contributed by atoms with Gasteiger partial charge in [0.1, 0.15) is 17.3 Å². The molecular formula is C21H15F2N3O3S. The van der Waals surface area contributed by atoms with Crippen molar-refractivity contribution in [2.75, 3.05) is 5.32 Å². The predicted molar refractivity (Wildman–Crippen MR) is 110 cm³/mol. The van der Waals surface area contributed by atoms with E-state index in [2.05, 4.69) is 10.4 Å². The van der Waals surface area contributed by atoms with Crippen LogP contribution >= 0.6 is 11.3 Å². The molecule has 1 amide bonds. The summed E-state index contributed by atoms with van der Waals surface area (Å²) in [6, 6.07) is 12.1.